The van der Waals surface area contributed by atoms with E-state index in [1.807, 2.05) is 42.5 Å². The van der Waals surface area contributed by atoms with Crippen LogP contribution in [0.3, 0.4) is 0 Å². The van der Waals surface area contributed by atoms with Gasteiger partial charge in [-0.3, -0.25) is 0 Å². The van der Waals surface area contributed by atoms with Crippen LogP contribution in [-0.4, -0.2) is 39.5 Å². The van der Waals surface area contributed by atoms with E-state index in [2.05, 4.69) is 40.0 Å². The number of piperidine rings is 1. The van der Waals surface area contributed by atoms with E-state index in [9.17, 15) is 8.42 Å². The summed E-state index contributed by atoms with van der Waals surface area (Å²) in [6.45, 7) is 3.54. The lowest BCUT2D eigenvalue weighted by molar-refractivity contribution is 0.210. The first-order chi connectivity index (χ1) is 15.1. The molecule has 0 atom stereocenters. The Labute approximate surface area is 186 Å². The summed E-state index contributed by atoms with van der Waals surface area (Å²) in [5, 5.41) is 0. The normalized spacial score (nSPS) is 15.7. The minimum Gasteiger partial charge on any atom is -0.303 e. The average Bonchev–Trinajstić information content (AvgIpc) is 2.83. The van der Waals surface area contributed by atoms with Gasteiger partial charge in [0.2, 0.25) is 10.0 Å². The standard InChI is InChI=1S/C26H30N2O2S/c29-31(30,26-14-12-24(13-15-26)22-8-3-1-4-9-22)27-18-7-19-28-20-16-25(17-21-28)23-10-5-2-6-11-23/h1-6,8-15,25,27H,7,16-21H2. The highest BCUT2D eigenvalue weighted by molar-refractivity contribution is 7.89. The van der Waals surface area contributed by atoms with Crippen molar-refractivity contribution in [3.8, 4) is 11.1 Å². The molecule has 0 aromatic heterocycles. The number of nitrogens with one attached hydrogen (secondary N) is 1. The fourth-order valence-electron chi connectivity index (χ4n) is 4.26. The van der Waals surface area contributed by atoms with E-state index in [0.717, 1.165) is 37.2 Å². The first-order valence-electron chi connectivity index (χ1n) is 11.0. The second-order valence-electron chi connectivity index (χ2n) is 8.17. The van der Waals surface area contributed by atoms with Gasteiger partial charge in [-0.1, -0.05) is 72.8 Å². The van der Waals surface area contributed by atoms with Crippen LogP contribution < -0.4 is 4.72 Å². The lowest BCUT2D eigenvalue weighted by atomic mass is 9.89. The lowest BCUT2D eigenvalue weighted by Gasteiger charge is -2.32. The van der Waals surface area contributed by atoms with Crippen LogP contribution in [0.1, 0.15) is 30.7 Å². The van der Waals surface area contributed by atoms with Crippen LogP contribution in [0.15, 0.2) is 89.8 Å². The summed E-state index contributed by atoms with van der Waals surface area (Å²) in [5.41, 5.74) is 3.53. The van der Waals surface area contributed by atoms with E-state index in [1.54, 1.807) is 12.1 Å². The van der Waals surface area contributed by atoms with E-state index >= 15 is 0 Å². The molecule has 0 unspecified atom stereocenters. The highest BCUT2D eigenvalue weighted by Gasteiger charge is 2.20. The monoisotopic (exact) mass is 434 g/mol. The molecule has 3 aromatic rings. The minimum atomic E-state index is -3.48. The first kappa shape index (κ1) is 21.8. The number of rotatable bonds is 8. The zero-order valence-electron chi connectivity index (χ0n) is 17.8. The number of likely N-dealkylation sites (tertiary alicyclic amines) is 1. The van der Waals surface area contributed by atoms with Gasteiger partial charge in [0.15, 0.2) is 0 Å². The molecule has 4 rings (SSSR count). The largest absolute Gasteiger partial charge is 0.303 e. The first-order valence-corrected chi connectivity index (χ1v) is 12.5. The van der Waals surface area contributed by atoms with Crippen molar-refractivity contribution in [3.63, 3.8) is 0 Å². The Morgan fingerprint density at radius 2 is 1.35 bits per heavy atom. The second kappa shape index (κ2) is 10.2. The van der Waals surface area contributed by atoms with Crippen LogP contribution in [0.5, 0.6) is 0 Å². The van der Waals surface area contributed by atoms with E-state index in [4.69, 9.17) is 0 Å². The van der Waals surface area contributed by atoms with Gasteiger partial charge in [0.1, 0.15) is 0 Å². The van der Waals surface area contributed by atoms with Gasteiger partial charge in [0.05, 0.1) is 4.90 Å². The summed E-state index contributed by atoms with van der Waals surface area (Å²) < 4.78 is 28.0. The molecule has 1 saturated heterocycles. The molecule has 1 fully saturated rings. The van der Waals surface area contributed by atoms with Crippen molar-refractivity contribution in [3.05, 3.63) is 90.5 Å². The molecule has 1 N–H and O–H groups in total. The molecule has 0 radical (unpaired) electrons. The van der Waals surface area contributed by atoms with E-state index < -0.39 is 10.0 Å². The molecule has 3 aromatic carbocycles. The molecule has 5 heteroatoms. The predicted molar refractivity (Wildman–Crippen MR) is 127 cm³/mol. The van der Waals surface area contributed by atoms with Crippen molar-refractivity contribution in [1.29, 1.82) is 0 Å². The molecule has 1 aliphatic rings. The topological polar surface area (TPSA) is 49.4 Å². The van der Waals surface area contributed by atoms with Crippen molar-refractivity contribution < 1.29 is 8.42 Å². The van der Waals surface area contributed by atoms with Crippen LogP contribution in [0.4, 0.5) is 0 Å². The number of hydrogen-bond acceptors (Lipinski definition) is 3. The predicted octanol–water partition coefficient (Wildman–Crippen LogP) is 4.90. The zero-order valence-corrected chi connectivity index (χ0v) is 18.6. The van der Waals surface area contributed by atoms with Crippen LogP contribution in [-0.2, 0) is 10.0 Å². The third-order valence-corrected chi connectivity index (χ3v) is 7.55. The third-order valence-electron chi connectivity index (χ3n) is 6.07. The second-order valence-corrected chi connectivity index (χ2v) is 9.94. The molecule has 1 heterocycles. The molecular weight excluding hydrogens is 404 g/mol. The summed E-state index contributed by atoms with van der Waals surface area (Å²) in [4.78, 5) is 2.76. The molecule has 0 aliphatic carbocycles. The Bertz CT molecular complexity index is 1040. The van der Waals surface area contributed by atoms with E-state index in [0.29, 0.717) is 17.4 Å². The maximum Gasteiger partial charge on any atom is 0.240 e. The van der Waals surface area contributed by atoms with Gasteiger partial charge in [-0.25, -0.2) is 13.1 Å². The minimum absolute atomic E-state index is 0.316. The highest BCUT2D eigenvalue weighted by atomic mass is 32.2. The number of hydrogen-bond donors (Lipinski definition) is 1. The van der Waals surface area contributed by atoms with Gasteiger partial charge in [-0.2, -0.15) is 0 Å². The molecule has 1 aliphatic heterocycles. The molecule has 162 valence electrons. The molecule has 31 heavy (non-hydrogen) atoms. The fourth-order valence-corrected chi connectivity index (χ4v) is 5.34. The van der Waals surface area contributed by atoms with Crippen molar-refractivity contribution in [2.75, 3.05) is 26.2 Å². The smallest absolute Gasteiger partial charge is 0.240 e. The Hall–Kier alpha value is -2.47. The molecule has 0 bridgehead atoms. The highest BCUT2D eigenvalue weighted by Crippen LogP contribution is 2.27. The van der Waals surface area contributed by atoms with Gasteiger partial charge >= 0.3 is 0 Å². The summed E-state index contributed by atoms with van der Waals surface area (Å²) >= 11 is 0. The van der Waals surface area contributed by atoms with Crippen molar-refractivity contribution in [2.45, 2.75) is 30.1 Å². The maximum absolute atomic E-state index is 12.6. The van der Waals surface area contributed by atoms with Gasteiger partial charge in [-0.05, 0) is 73.6 Å². The van der Waals surface area contributed by atoms with Crippen molar-refractivity contribution in [2.24, 2.45) is 0 Å². The summed E-state index contributed by atoms with van der Waals surface area (Å²) in [7, 11) is -3.48. The van der Waals surface area contributed by atoms with E-state index in [1.165, 1.54) is 18.4 Å². The molecule has 0 spiro atoms. The van der Waals surface area contributed by atoms with Gasteiger partial charge in [-0.15, -0.1) is 0 Å². The Morgan fingerprint density at radius 3 is 2.00 bits per heavy atom. The Morgan fingerprint density at radius 1 is 0.774 bits per heavy atom. The van der Waals surface area contributed by atoms with Gasteiger partial charge in [0, 0.05) is 6.54 Å². The molecule has 0 saturated carbocycles. The summed E-state index contributed by atoms with van der Waals surface area (Å²) in [6, 6.07) is 27.8. The Balaban J connectivity index is 1.21. The summed E-state index contributed by atoms with van der Waals surface area (Å²) in [6.07, 6.45) is 3.16. The van der Waals surface area contributed by atoms with Crippen LogP contribution in [0, 0.1) is 0 Å². The van der Waals surface area contributed by atoms with E-state index in [-0.39, 0.29) is 0 Å². The Kier molecular flexibility index (Phi) is 7.17. The average molecular weight is 435 g/mol. The number of nitrogens with zero attached hydrogens (tertiary/aromatic N) is 1. The van der Waals surface area contributed by atoms with Crippen LogP contribution in [0.2, 0.25) is 0 Å². The number of sulfonamides is 1. The van der Waals surface area contributed by atoms with Crippen LogP contribution >= 0.6 is 0 Å². The number of benzene rings is 3. The fraction of sp³-hybridized carbons (Fsp3) is 0.308. The van der Waals surface area contributed by atoms with Gasteiger partial charge in [0.25, 0.3) is 0 Å². The quantitative estimate of drug-likeness (QED) is 0.513. The zero-order chi connectivity index (χ0) is 21.5. The van der Waals surface area contributed by atoms with Gasteiger partial charge < -0.3 is 4.90 Å². The van der Waals surface area contributed by atoms with Crippen molar-refractivity contribution in [1.82, 2.24) is 9.62 Å². The third kappa shape index (κ3) is 5.82. The van der Waals surface area contributed by atoms with Crippen molar-refractivity contribution >= 4 is 10.0 Å². The van der Waals surface area contributed by atoms with Crippen LogP contribution in [0.25, 0.3) is 11.1 Å². The molecular formula is C26H30N2O2S. The maximum atomic E-state index is 12.6. The summed E-state index contributed by atoms with van der Waals surface area (Å²) in [5.74, 6) is 0.648. The molecule has 4 nitrogen and oxygen atoms in total. The molecule has 0 amide bonds. The lowest BCUT2D eigenvalue weighted by Crippen LogP contribution is -2.35. The SMILES string of the molecule is O=S(=O)(NCCCN1CCC(c2ccccc2)CC1)c1ccc(-c2ccccc2)cc1.